The summed E-state index contributed by atoms with van der Waals surface area (Å²) in [5.74, 6) is -0.0602. The molecular weight excluding hydrogens is 236 g/mol. The number of amides is 1. The summed E-state index contributed by atoms with van der Waals surface area (Å²) in [6, 6.07) is 7.59. The molecule has 0 saturated heterocycles. The number of nitrogens with zero attached hydrogens (tertiary/aromatic N) is 1. The zero-order valence-corrected chi connectivity index (χ0v) is 10.9. The first-order valence-corrected chi connectivity index (χ1v) is 5.85. The summed E-state index contributed by atoms with van der Waals surface area (Å²) in [6.45, 7) is 1.63. The van der Waals surface area contributed by atoms with Gasteiger partial charge in [0.05, 0.1) is 0 Å². The van der Waals surface area contributed by atoms with Crippen LogP contribution in [0.25, 0.3) is 0 Å². The van der Waals surface area contributed by atoms with Crippen molar-refractivity contribution in [2.45, 2.75) is 6.54 Å². The van der Waals surface area contributed by atoms with Gasteiger partial charge in [0.1, 0.15) is 0 Å². The van der Waals surface area contributed by atoms with Gasteiger partial charge in [-0.15, -0.1) is 0 Å². The minimum atomic E-state index is -0.0602. The van der Waals surface area contributed by atoms with Crippen molar-refractivity contribution in [3.05, 3.63) is 47.0 Å². The van der Waals surface area contributed by atoms with Crippen LogP contribution < -0.4 is 5.32 Å². The molecule has 0 unspecified atom stereocenters. The number of nitrogens with one attached hydrogen (secondary N) is 1. The number of likely N-dealkylation sites (N-methyl/N-ethyl adjacent to an activating group) is 1. The Labute approximate surface area is 107 Å². The topological polar surface area (TPSA) is 32.3 Å². The van der Waals surface area contributed by atoms with Gasteiger partial charge in [0.25, 0.3) is 5.91 Å². The van der Waals surface area contributed by atoms with Crippen LogP contribution >= 0.6 is 11.6 Å². The second-order valence-electron chi connectivity index (χ2n) is 3.83. The van der Waals surface area contributed by atoms with Gasteiger partial charge in [-0.1, -0.05) is 29.8 Å². The van der Waals surface area contributed by atoms with Crippen LogP contribution in [0.1, 0.15) is 15.9 Å². The van der Waals surface area contributed by atoms with Crippen molar-refractivity contribution in [1.82, 2.24) is 10.2 Å². The van der Waals surface area contributed by atoms with E-state index >= 15 is 0 Å². The van der Waals surface area contributed by atoms with Crippen LogP contribution in [0.4, 0.5) is 0 Å². The van der Waals surface area contributed by atoms with E-state index in [1.807, 2.05) is 37.4 Å². The molecule has 0 aromatic heterocycles. The Bertz CT molecular complexity index is 387. The van der Waals surface area contributed by atoms with Crippen LogP contribution in [0, 0.1) is 0 Å². The lowest BCUT2D eigenvalue weighted by Gasteiger charge is -2.14. The van der Waals surface area contributed by atoms with Gasteiger partial charge in [-0.2, -0.15) is 0 Å². The number of halogens is 1. The Kier molecular flexibility index (Phi) is 5.73. The Hall–Kier alpha value is -1.32. The molecule has 3 nitrogen and oxygen atoms in total. The zero-order chi connectivity index (χ0) is 12.7. The molecule has 0 atom stereocenters. The van der Waals surface area contributed by atoms with Crippen molar-refractivity contribution < 1.29 is 4.79 Å². The Morgan fingerprint density at radius 1 is 1.41 bits per heavy atom. The third-order valence-electron chi connectivity index (χ3n) is 2.40. The smallest absolute Gasteiger partial charge is 0.251 e. The highest BCUT2D eigenvalue weighted by Gasteiger charge is 2.03. The van der Waals surface area contributed by atoms with E-state index in [1.54, 1.807) is 7.05 Å². The quantitative estimate of drug-likeness (QED) is 0.872. The summed E-state index contributed by atoms with van der Waals surface area (Å²) in [7, 11) is 3.64. The van der Waals surface area contributed by atoms with Gasteiger partial charge in [-0.3, -0.25) is 9.69 Å². The van der Waals surface area contributed by atoms with Crippen molar-refractivity contribution >= 4 is 17.5 Å². The van der Waals surface area contributed by atoms with Gasteiger partial charge >= 0.3 is 0 Å². The standard InChI is InChI=1S/C13H17ClN2O/c1-15-13(17)12-6-4-11(5-7-12)10-16(2)9-3-8-14/h3-8H,9-10H2,1-2H3,(H,15,17)/b8-3+. The molecule has 1 N–H and O–H groups in total. The molecule has 0 aliphatic heterocycles. The molecule has 0 radical (unpaired) electrons. The Morgan fingerprint density at radius 3 is 2.59 bits per heavy atom. The lowest BCUT2D eigenvalue weighted by molar-refractivity contribution is 0.0963. The molecule has 0 spiro atoms. The molecule has 1 aromatic rings. The van der Waals surface area contributed by atoms with E-state index in [0.717, 1.165) is 13.1 Å². The predicted molar refractivity (Wildman–Crippen MR) is 71.2 cm³/mol. The van der Waals surface area contributed by atoms with E-state index in [4.69, 9.17) is 11.6 Å². The van der Waals surface area contributed by atoms with E-state index in [2.05, 4.69) is 10.2 Å². The number of hydrogen-bond acceptors (Lipinski definition) is 2. The minimum Gasteiger partial charge on any atom is -0.355 e. The maximum atomic E-state index is 11.3. The summed E-state index contributed by atoms with van der Waals surface area (Å²) in [6.07, 6.45) is 1.89. The first-order chi connectivity index (χ1) is 8.17. The first kappa shape index (κ1) is 13.7. The van der Waals surface area contributed by atoms with Crippen LogP contribution in [0.15, 0.2) is 35.9 Å². The average Bonchev–Trinajstić information content (AvgIpc) is 2.36. The molecule has 0 aliphatic rings. The van der Waals surface area contributed by atoms with Crippen LogP contribution in [0.2, 0.25) is 0 Å². The van der Waals surface area contributed by atoms with Gasteiger partial charge in [-0.25, -0.2) is 0 Å². The molecule has 1 aromatic carbocycles. The molecule has 0 fully saturated rings. The van der Waals surface area contributed by atoms with Gasteiger partial charge in [0, 0.05) is 31.2 Å². The summed E-state index contributed by atoms with van der Waals surface area (Å²) in [4.78, 5) is 13.5. The first-order valence-electron chi connectivity index (χ1n) is 5.42. The number of hydrogen-bond donors (Lipinski definition) is 1. The van der Waals surface area contributed by atoms with E-state index in [-0.39, 0.29) is 5.91 Å². The van der Waals surface area contributed by atoms with E-state index in [9.17, 15) is 4.79 Å². The van der Waals surface area contributed by atoms with Crippen LogP contribution in [0.5, 0.6) is 0 Å². The van der Waals surface area contributed by atoms with Crippen molar-refractivity contribution in [1.29, 1.82) is 0 Å². The van der Waals surface area contributed by atoms with Crippen LogP contribution in [0.3, 0.4) is 0 Å². The Balaban J connectivity index is 2.59. The molecule has 17 heavy (non-hydrogen) atoms. The number of rotatable bonds is 5. The van der Waals surface area contributed by atoms with E-state index < -0.39 is 0 Å². The van der Waals surface area contributed by atoms with E-state index in [0.29, 0.717) is 5.56 Å². The zero-order valence-electron chi connectivity index (χ0n) is 10.1. The molecule has 1 amide bonds. The summed E-state index contributed by atoms with van der Waals surface area (Å²) >= 11 is 5.47. The fourth-order valence-electron chi connectivity index (χ4n) is 1.50. The van der Waals surface area contributed by atoms with Crippen molar-refractivity contribution in [2.75, 3.05) is 20.6 Å². The Morgan fingerprint density at radius 2 is 2.06 bits per heavy atom. The van der Waals surface area contributed by atoms with Gasteiger partial charge in [0.2, 0.25) is 0 Å². The molecule has 0 bridgehead atoms. The third kappa shape index (κ3) is 4.59. The predicted octanol–water partition coefficient (Wildman–Crippen LogP) is 2.23. The maximum Gasteiger partial charge on any atom is 0.251 e. The number of benzene rings is 1. The SMILES string of the molecule is CNC(=O)c1ccc(CN(C)C/C=C/Cl)cc1. The summed E-state index contributed by atoms with van der Waals surface area (Å²) in [5.41, 5.74) is 3.37. The van der Waals surface area contributed by atoms with Crippen molar-refractivity contribution in [2.24, 2.45) is 0 Å². The van der Waals surface area contributed by atoms with Crippen LogP contribution in [-0.4, -0.2) is 31.4 Å². The number of carbonyl (C=O) groups is 1. The van der Waals surface area contributed by atoms with Crippen molar-refractivity contribution in [3.8, 4) is 0 Å². The minimum absolute atomic E-state index is 0.0602. The second-order valence-corrected chi connectivity index (χ2v) is 4.09. The fourth-order valence-corrected chi connectivity index (χ4v) is 1.58. The van der Waals surface area contributed by atoms with Gasteiger partial charge in [-0.05, 0) is 24.7 Å². The number of carbonyl (C=O) groups excluding carboxylic acids is 1. The lowest BCUT2D eigenvalue weighted by Crippen LogP contribution is -2.19. The fraction of sp³-hybridized carbons (Fsp3) is 0.308. The monoisotopic (exact) mass is 252 g/mol. The molecule has 0 aliphatic carbocycles. The van der Waals surface area contributed by atoms with Crippen molar-refractivity contribution in [3.63, 3.8) is 0 Å². The largest absolute Gasteiger partial charge is 0.355 e. The summed E-state index contributed by atoms with van der Waals surface area (Å²) in [5, 5.41) is 2.60. The summed E-state index contributed by atoms with van der Waals surface area (Å²) < 4.78 is 0. The highest BCUT2D eigenvalue weighted by atomic mass is 35.5. The lowest BCUT2D eigenvalue weighted by atomic mass is 10.1. The molecule has 0 saturated carbocycles. The second kappa shape index (κ2) is 7.09. The normalized spacial score (nSPS) is 11.1. The molecule has 1 rings (SSSR count). The van der Waals surface area contributed by atoms with Gasteiger partial charge in [0.15, 0.2) is 0 Å². The maximum absolute atomic E-state index is 11.3. The highest BCUT2D eigenvalue weighted by molar-refractivity contribution is 6.25. The molecule has 4 heteroatoms. The average molecular weight is 253 g/mol. The highest BCUT2D eigenvalue weighted by Crippen LogP contribution is 2.06. The van der Waals surface area contributed by atoms with Gasteiger partial charge < -0.3 is 5.32 Å². The molecule has 92 valence electrons. The molecular formula is C13H17ClN2O. The third-order valence-corrected chi connectivity index (χ3v) is 2.58. The van der Waals surface area contributed by atoms with Crippen LogP contribution in [-0.2, 0) is 6.54 Å². The van der Waals surface area contributed by atoms with E-state index in [1.165, 1.54) is 11.1 Å². The molecule has 0 heterocycles.